The molecule has 2 rings (SSSR count). The molecule has 1 aliphatic heterocycles. The van der Waals surface area contributed by atoms with Gasteiger partial charge in [-0.2, -0.15) is 0 Å². The van der Waals surface area contributed by atoms with Crippen molar-refractivity contribution < 1.29 is 9.53 Å². The fourth-order valence-corrected chi connectivity index (χ4v) is 2.21. The monoisotopic (exact) mass is 273 g/mol. The van der Waals surface area contributed by atoms with E-state index < -0.39 is 0 Å². The Bertz CT molecular complexity index is 417. The lowest BCUT2D eigenvalue weighted by Crippen LogP contribution is -2.43. The van der Waals surface area contributed by atoms with E-state index >= 15 is 0 Å². The molecule has 0 aliphatic carbocycles. The van der Waals surface area contributed by atoms with Gasteiger partial charge in [0.1, 0.15) is 6.10 Å². The summed E-state index contributed by atoms with van der Waals surface area (Å²) >= 11 is 11.8. The van der Waals surface area contributed by atoms with Gasteiger partial charge in [0.05, 0.1) is 6.61 Å². The zero-order valence-corrected chi connectivity index (χ0v) is 10.7. The average Bonchev–Trinajstić information content (AvgIpc) is 2.34. The van der Waals surface area contributed by atoms with E-state index in [4.69, 9.17) is 27.9 Å². The van der Waals surface area contributed by atoms with Crippen LogP contribution >= 0.6 is 23.2 Å². The molecule has 0 radical (unpaired) electrons. The molecule has 1 saturated heterocycles. The maximum absolute atomic E-state index is 11.9. The second-order valence-electron chi connectivity index (χ2n) is 3.94. The fourth-order valence-electron chi connectivity index (χ4n) is 1.74. The summed E-state index contributed by atoms with van der Waals surface area (Å²) < 4.78 is 5.39. The lowest BCUT2D eigenvalue weighted by molar-refractivity contribution is -0.131. The van der Waals surface area contributed by atoms with E-state index in [0.717, 1.165) is 12.1 Å². The number of benzene rings is 1. The van der Waals surface area contributed by atoms with E-state index in [-0.39, 0.29) is 18.3 Å². The Kier molecular flexibility index (Phi) is 4.40. The van der Waals surface area contributed by atoms with Crippen LogP contribution in [0.2, 0.25) is 10.0 Å². The molecule has 1 heterocycles. The van der Waals surface area contributed by atoms with Crippen molar-refractivity contribution in [1.29, 1.82) is 0 Å². The van der Waals surface area contributed by atoms with E-state index in [1.165, 1.54) is 0 Å². The number of ether oxygens (including phenoxy) is 1. The lowest BCUT2D eigenvalue weighted by atomic mass is 10.0. The topological polar surface area (TPSA) is 38.3 Å². The number of ketones is 1. The van der Waals surface area contributed by atoms with Crippen LogP contribution in [0.15, 0.2) is 18.2 Å². The van der Waals surface area contributed by atoms with Gasteiger partial charge in [-0.1, -0.05) is 29.3 Å². The van der Waals surface area contributed by atoms with Crippen LogP contribution in [0.4, 0.5) is 0 Å². The minimum absolute atomic E-state index is 0.0430. The van der Waals surface area contributed by atoms with Crippen LogP contribution in [-0.4, -0.2) is 31.6 Å². The van der Waals surface area contributed by atoms with Crippen molar-refractivity contribution in [2.45, 2.75) is 12.5 Å². The van der Waals surface area contributed by atoms with Gasteiger partial charge in [-0.3, -0.25) is 4.79 Å². The van der Waals surface area contributed by atoms with Crippen LogP contribution < -0.4 is 5.32 Å². The highest BCUT2D eigenvalue weighted by Crippen LogP contribution is 2.22. The van der Waals surface area contributed by atoms with E-state index in [9.17, 15) is 4.79 Å². The molecule has 0 amide bonds. The van der Waals surface area contributed by atoms with Gasteiger partial charge in [0.2, 0.25) is 0 Å². The molecule has 0 saturated carbocycles. The van der Waals surface area contributed by atoms with Crippen LogP contribution in [0.3, 0.4) is 0 Å². The van der Waals surface area contributed by atoms with Crippen molar-refractivity contribution in [2.75, 3.05) is 19.7 Å². The highest BCUT2D eigenvalue weighted by molar-refractivity contribution is 6.35. The number of morpholine rings is 1. The van der Waals surface area contributed by atoms with Gasteiger partial charge in [-0.25, -0.2) is 0 Å². The molecule has 1 fully saturated rings. The average molecular weight is 274 g/mol. The predicted octanol–water partition coefficient (Wildman–Crippen LogP) is 2.09. The van der Waals surface area contributed by atoms with Crippen LogP contribution in [0.5, 0.6) is 0 Å². The van der Waals surface area contributed by atoms with Gasteiger partial charge in [0.15, 0.2) is 5.78 Å². The number of hydrogen-bond acceptors (Lipinski definition) is 3. The van der Waals surface area contributed by atoms with Gasteiger partial charge < -0.3 is 10.1 Å². The third-order valence-corrected chi connectivity index (χ3v) is 3.25. The van der Waals surface area contributed by atoms with Gasteiger partial charge in [-0.15, -0.1) is 0 Å². The van der Waals surface area contributed by atoms with E-state index in [0.29, 0.717) is 23.2 Å². The smallest absolute Gasteiger partial charge is 0.167 e. The molecule has 0 bridgehead atoms. The molecule has 1 atom stereocenters. The van der Waals surface area contributed by atoms with Gasteiger partial charge in [0, 0.05) is 29.6 Å². The summed E-state index contributed by atoms with van der Waals surface area (Å²) in [7, 11) is 0. The first kappa shape index (κ1) is 12.8. The lowest BCUT2D eigenvalue weighted by Gasteiger charge is -2.22. The highest BCUT2D eigenvalue weighted by atomic mass is 35.5. The largest absolute Gasteiger partial charge is 0.368 e. The first-order chi connectivity index (χ1) is 8.16. The summed E-state index contributed by atoms with van der Waals surface area (Å²) in [5.74, 6) is 0.0430. The second kappa shape index (κ2) is 5.83. The quantitative estimate of drug-likeness (QED) is 0.917. The fraction of sp³-hybridized carbons (Fsp3) is 0.417. The molecule has 5 heteroatoms. The number of Topliss-reactive ketones (excluding diaryl/α,β-unsaturated/α-hetero) is 1. The van der Waals surface area contributed by atoms with Crippen LogP contribution in [0.1, 0.15) is 5.56 Å². The maximum atomic E-state index is 11.9. The zero-order valence-electron chi connectivity index (χ0n) is 9.21. The minimum atomic E-state index is -0.365. The van der Waals surface area contributed by atoms with Crippen molar-refractivity contribution in [2.24, 2.45) is 0 Å². The van der Waals surface area contributed by atoms with Crippen molar-refractivity contribution in [3.05, 3.63) is 33.8 Å². The van der Waals surface area contributed by atoms with Gasteiger partial charge >= 0.3 is 0 Å². The number of rotatable bonds is 3. The van der Waals surface area contributed by atoms with Crippen molar-refractivity contribution in [3.63, 3.8) is 0 Å². The highest BCUT2D eigenvalue weighted by Gasteiger charge is 2.22. The SMILES string of the molecule is O=C(Cc1ccc(Cl)cc1Cl)C1CNCCO1. The molecule has 1 unspecified atom stereocenters. The Morgan fingerprint density at radius 2 is 2.29 bits per heavy atom. The molecule has 0 spiro atoms. The van der Waals surface area contributed by atoms with Crippen LogP contribution in [-0.2, 0) is 16.0 Å². The molecule has 1 aromatic carbocycles. The summed E-state index contributed by atoms with van der Waals surface area (Å²) in [6.45, 7) is 1.94. The number of nitrogens with one attached hydrogen (secondary N) is 1. The molecule has 3 nitrogen and oxygen atoms in total. The Balaban J connectivity index is 2.02. The van der Waals surface area contributed by atoms with Crippen molar-refractivity contribution in [3.8, 4) is 0 Å². The molecule has 17 heavy (non-hydrogen) atoms. The van der Waals surface area contributed by atoms with Crippen molar-refractivity contribution in [1.82, 2.24) is 5.32 Å². The van der Waals surface area contributed by atoms with E-state index in [2.05, 4.69) is 5.32 Å². The van der Waals surface area contributed by atoms with Crippen molar-refractivity contribution >= 4 is 29.0 Å². The molecule has 92 valence electrons. The summed E-state index contributed by atoms with van der Waals surface area (Å²) in [6, 6.07) is 5.15. The summed E-state index contributed by atoms with van der Waals surface area (Å²) in [6.07, 6.45) is -0.0852. The Hall–Kier alpha value is -0.610. The number of hydrogen-bond donors (Lipinski definition) is 1. The van der Waals surface area contributed by atoms with Gasteiger partial charge in [0.25, 0.3) is 0 Å². The first-order valence-corrected chi connectivity index (χ1v) is 6.21. The summed E-state index contributed by atoms with van der Waals surface area (Å²) in [5, 5.41) is 4.22. The normalized spacial score (nSPS) is 20.2. The van der Waals surface area contributed by atoms with E-state index in [1.54, 1.807) is 18.2 Å². The van der Waals surface area contributed by atoms with Gasteiger partial charge in [-0.05, 0) is 17.7 Å². The molecular formula is C12H13Cl2NO2. The molecule has 1 N–H and O–H groups in total. The molecule has 1 aromatic rings. The molecule has 0 aromatic heterocycles. The number of carbonyl (C=O) groups is 1. The van der Waals surface area contributed by atoms with Crippen LogP contribution in [0.25, 0.3) is 0 Å². The summed E-state index contributed by atoms with van der Waals surface area (Å²) in [4.78, 5) is 11.9. The number of halogens is 2. The second-order valence-corrected chi connectivity index (χ2v) is 4.79. The Labute approximate surface area is 110 Å². The molecule has 1 aliphatic rings. The number of carbonyl (C=O) groups excluding carboxylic acids is 1. The minimum Gasteiger partial charge on any atom is -0.368 e. The third kappa shape index (κ3) is 3.42. The first-order valence-electron chi connectivity index (χ1n) is 5.46. The zero-order chi connectivity index (χ0) is 12.3. The standard InChI is InChI=1S/C12H13Cl2NO2/c13-9-2-1-8(10(14)6-9)5-11(16)12-7-15-3-4-17-12/h1-2,6,12,15H,3-5,7H2. The maximum Gasteiger partial charge on any atom is 0.167 e. The predicted molar refractivity (Wildman–Crippen MR) is 67.8 cm³/mol. The molecular weight excluding hydrogens is 261 g/mol. The van der Waals surface area contributed by atoms with Crippen LogP contribution in [0, 0.1) is 0 Å². The van der Waals surface area contributed by atoms with E-state index in [1.807, 2.05) is 0 Å². The third-order valence-electron chi connectivity index (χ3n) is 2.67. The Morgan fingerprint density at radius 1 is 1.47 bits per heavy atom. The Morgan fingerprint density at radius 3 is 2.94 bits per heavy atom. The summed E-state index contributed by atoms with van der Waals surface area (Å²) in [5.41, 5.74) is 0.787.